The lowest BCUT2D eigenvalue weighted by molar-refractivity contribution is 0.101. The standard InChI is InChI=1S/C23H18N2O2/c1-15-7-6-10-18(11-15)20-13-21-19(16(2)26)12-22(25(21)14-24-20)23(27)17-8-4-3-5-9-17/h3-14H,1-2H3. The predicted molar refractivity (Wildman–Crippen MR) is 105 cm³/mol. The summed E-state index contributed by atoms with van der Waals surface area (Å²) in [6.45, 7) is 3.54. The molecule has 4 nitrogen and oxygen atoms in total. The number of ketones is 2. The zero-order valence-electron chi connectivity index (χ0n) is 15.1. The molecule has 0 unspecified atom stereocenters. The lowest BCUT2D eigenvalue weighted by Gasteiger charge is -2.06. The molecule has 4 aromatic rings. The molecule has 0 aliphatic rings. The van der Waals surface area contributed by atoms with Gasteiger partial charge in [-0.3, -0.25) is 14.0 Å². The minimum absolute atomic E-state index is 0.0824. The third kappa shape index (κ3) is 3.06. The minimum Gasteiger partial charge on any atom is -0.296 e. The van der Waals surface area contributed by atoms with Crippen molar-refractivity contribution in [3.05, 3.63) is 95.4 Å². The lowest BCUT2D eigenvalue weighted by atomic mass is 10.1. The van der Waals surface area contributed by atoms with Crippen LogP contribution in [0.1, 0.15) is 38.9 Å². The molecular formula is C23H18N2O2. The molecule has 0 aliphatic carbocycles. The van der Waals surface area contributed by atoms with Gasteiger partial charge in [-0.05, 0) is 32.0 Å². The van der Waals surface area contributed by atoms with E-state index in [1.807, 2.05) is 55.5 Å². The van der Waals surface area contributed by atoms with Crippen molar-refractivity contribution >= 4 is 17.1 Å². The van der Waals surface area contributed by atoms with Crippen LogP contribution < -0.4 is 0 Å². The van der Waals surface area contributed by atoms with E-state index in [9.17, 15) is 9.59 Å². The Balaban J connectivity index is 1.90. The summed E-state index contributed by atoms with van der Waals surface area (Å²) >= 11 is 0. The molecular weight excluding hydrogens is 336 g/mol. The molecule has 0 saturated heterocycles. The van der Waals surface area contributed by atoms with E-state index in [4.69, 9.17) is 0 Å². The van der Waals surface area contributed by atoms with Crippen molar-refractivity contribution in [3.63, 3.8) is 0 Å². The van der Waals surface area contributed by atoms with E-state index >= 15 is 0 Å². The summed E-state index contributed by atoms with van der Waals surface area (Å²) in [5.41, 5.74) is 5.10. The van der Waals surface area contributed by atoms with E-state index < -0.39 is 0 Å². The maximum atomic E-state index is 12.9. The first-order valence-electron chi connectivity index (χ1n) is 8.73. The number of carbonyl (C=O) groups is 2. The third-order valence-electron chi connectivity index (χ3n) is 4.62. The summed E-state index contributed by atoms with van der Waals surface area (Å²) in [6.07, 6.45) is 1.62. The lowest BCUT2D eigenvalue weighted by Crippen LogP contribution is -2.05. The largest absolute Gasteiger partial charge is 0.296 e. The van der Waals surface area contributed by atoms with Gasteiger partial charge < -0.3 is 0 Å². The van der Waals surface area contributed by atoms with Gasteiger partial charge in [0.15, 0.2) is 5.78 Å². The molecule has 0 radical (unpaired) electrons. The molecule has 4 rings (SSSR count). The van der Waals surface area contributed by atoms with Gasteiger partial charge in [-0.15, -0.1) is 0 Å². The van der Waals surface area contributed by atoms with Crippen LogP contribution in [0.2, 0.25) is 0 Å². The maximum absolute atomic E-state index is 12.9. The second kappa shape index (κ2) is 6.65. The highest BCUT2D eigenvalue weighted by Crippen LogP contribution is 2.25. The number of rotatable bonds is 4. The Bertz CT molecular complexity index is 1170. The number of hydrogen-bond acceptors (Lipinski definition) is 3. The Labute approximate surface area is 157 Å². The first kappa shape index (κ1) is 16.9. The molecule has 0 atom stereocenters. The van der Waals surface area contributed by atoms with Crippen molar-refractivity contribution in [1.82, 2.24) is 9.38 Å². The predicted octanol–water partition coefficient (Wildman–Crippen LogP) is 4.74. The fourth-order valence-corrected chi connectivity index (χ4v) is 3.25. The quantitative estimate of drug-likeness (QED) is 0.497. The van der Waals surface area contributed by atoms with Crippen molar-refractivity contribution in [1.29, 1.82) is 0 Å². The van der Waals surface area contributed by atoms with Crippen LogP contribution in [0.4, 0.5) is 0 Å². The van der Waals surface area contributed by atoms with E-state index in [2.05, 4.69) is 4.98 Å². The Hall–Kier alpha value is -3.53. The SMILES string of the molecule is CC(=O)c1cc(C(=O)c2ccccc2)n2cnc(-c3cccc(C)c3)cc12. The molecule has 2 heterocycles. The van der Waals surface area contributed by atoms with Gasteiger partial charge in [0, 0.05) is 16.7 Å². The molecule has 4 heteroatoms. The molecule has 0 spiro atoms. The van der Waals surface area contributed by atoms with Crippen LogP contribution in [0, 0.1) is 6.92 Å². The highest BCUT2D eigenvalue weighted by molar-refractivity contribution is 6.12. The van der Waals surface area contributed by atoms with E-state index in [0.717, 1.165) is 16.8 Å². The van der Waals surface area contributed by atoms with Crippen LogP contribution in [0.5, 0.6) is 0 Å². The van der Waals surface area contributed by atoms with Crippen LogP contribution in [-0.4, -0.2) is 21.0 Å². The summed E-state index contributed by atoms with van der Waals surface area (Å²) in [4.78, 5) is 29.7. The maximum Gasteiger partial charge on any atom is 0.209 e. The van der Waals surface area contributed by atoms with Crippen LogP contribution >= 0.6 is 0 Å². The van der Waals surface area contributed by atoms with Gasteiger partial charge in [-0.2, -0.15) is 0 Å². The highest BCUT2D eigenvalue weighted by Gasteiger charge is 2.19. The molecule has 0 amide bonds. The minimum atomic E-state index is -0.136. The monoisotopic (exact) mass is 354 g/mol. The number of Topliss-reactive ketones (excluding diaryl/α,β-unsaturated/α-hetero) is 1. The number of hydrogen-bond donors (Lipinski definition) is 0. The Morgan fingerprint density at radius 1 is 0.926 bits per heavy atom. The summed E-state index contributed by atoms with van der Waals surface area (Å²) in [6, 6.07) is 20.6. The first-order valence-corrected chi connectivity index (χ1v) is 8.73. The second-order valence-corrected chi connectivity index (χ2v) is 6.59. The number of carbonyl (C=O) groups excluding carboxylic acids is 2. The van der Waals surface area contributed by atoms with Gasteiger partial charge in [0.2, 0.25) is 5.78 Å². The topological polar surface area (TPSA) is 51.4 Å². The number of fused-ring (bicyclic) bond motifs is 1. The Morgan fingerprint density at radius 3 is 2.41 bits per heavy atom. The normalized spacial score (nSPS) is 10.9. The van der Waals surface area contributed by atoms with Gasteiger partial charge in [-0.1, -0.05) is 54.1 Å². The number of aryl methyl sites for hydroxylation is 1. The smallest absolute Gasteiger partial charge is 0.209 e. The number of nitrogens with zero attached hydrogens (tertiary/aromatic N) is 2. The van der Waals surface area contributed by atoms with Gasteiger partial charge >= 0.3 is 0 Å². The molecule has 0 saturated carbocycles. The van der Waals surface area contributed by atoms with Crippen molar-refractivity contribution in [2.24, 2.45) is 0 Å². The molecule has 2 aromatic heterocycles. The van der Waals surface area contributed by atoms with Crippen molar-refractivity contribution in [3.8, 4) is 11.3 Å². The van der Waals surface area contributed by atoms with Crippen LogP contribution in [0.25, 0.3) is 16.8 Å². The first-order chi connectivity index (χ1) is 13.0. The number of benzene rings is 2. The molecule has 0 fully saturated rings. The van der Waals surface area contributed by atoms with Gasteiger partial charge in [0.05, 0.1) is 16.9 Å². The average Bonchev–Trinajstić information content (AvgIpc) is 3.07. The van der Waals surface area contributed by atoms with E-state index in [0.29, 0.717) is 22.3 Å². The van der Waals surface area contributed by atoms with Crippen molar-refractivity contribution < 1.29 is 9.59 Å². The van der Waals surface area contributed by atoms with E-state index in [1.54, 1.807) is 28.9 Å². The average molecular weight is 354 g/mol. The summed E-state index contributed by atoms with van der Waals surface area (Å²) in [7, 11) is 0. The Kier molecular flexibility index (Phi) is 4.16. The summed E-state index contributed by atoms with van der Waals surface area (Å²) in [5, 5.41) is 0. The highest BCUT2D eigenvalue weighted by atomic mass is 16.1. The fourth-order valence-electron chi connectivity index (χ4n) is 3.25. The number of aromatic nitrogens is 2. The molecule has 0 aliphatic heterocycles. The second-order valence-electron chi connectivity index (χ2n) is 6.59. The zero-order valence-corrected chi connectivity index (χ0v) is 15.1. The van der Waals surface area contributed by atoms with Crippen molar-refractivity contribution in [2.45, 2.75) is 13.8 Å². The van der Waals surface area contributed by atoms with Gasteiger partial charge in [0.1, 0.15) is 6.33 Å². The van der Waals surface area contributed by atoms with Crippen LogP contribution in [-0.2, 0) is 0 Å². The van der Waals surface area contributed by atoms with Crippen LogP contribution in [0.15, 0.2) is 73.1 Å². The van der Waals surface area contributed by atoms with Gasteiger partial charge in [0.25, 0.3) is 0 Å². The molecule has 132 valence electrons. The Morgan fingerprint density at radius 2 is 1.70 bits per heavy atom. The zero-order chi connectivity index (χ0) is 19.0. The van der Waals surface area contributed by atoms with E-state index in [-0.39, 0.29) is 11.6 Å². The van der Waals surface area contributed by atoms with Crippen molar-refractivity contribution in [2.75, 3.05) is 0 Å². The molecule has 2 aromatic carbocycles. The van der Waals surface area contributed by atoms with Crippen LogP contribution in [0.3, 0.4) is 0 Å². The van der Waals surface area contributed by atoms with E-state index in [1.165, 1.54) is 6.92 Å². The molecule has 0 N–H and O–H groups in total. The van der Waals surface area contributed by atoms with Gasteiger partial charge in [-0.25, -0.2) is 4.98 Å². The molecule has 27 heavy (non-hydrogen) atoms. The third-order valence-corrected chi connectivity index (χ3v) is 4.62. The molecule has 0 bridgehead atoms. The fraction of sp³-hybridized carbons (Fsp3) is 0.0870. The summed E-state index contributed by atoms with van der Waals surface area (Å²) in [5.74, 6) is -0.218. The summed E-state index contributed by atoms with van der Waals surface area (Å²) < 4.78 is 1.70.